The van der Waals surface area contributed by atoms with Gasteiger partial charge in [0.2, 0.25) is 0 Å². The van der Waals surface area contributed by atoms with Crippen molar-refractivity contribution in [1.82, 2.24) is 0 Å². The van der Waals surface area contributed by atoms with Crippen molar-refractivity contribution in [3.05, 3.63) is 277 Å². The van der Waals surface area contributed by atoms with Crippen LogP contribution in [0, 0.1) is 19.8 Å². The van der Waals surface area contributed by atoms with Gasteiger partial charge in [0.25, 0.3) is 6.47 Å². The predicted octanol–water partition coefficient (Wildman–Crippen LogP) is 10.2. The van der Waals surface area contributed by atoms with Crippen LogP contribution in [0.5, 0.6) is 80.5 Å². The Balaban J connectivity index is 0.000000907. The Hall–Kier alpha value is -7.36. The summed E-state index contributed by atoms with van der Waals surface area (Å²) < 4.78 is 10.2. The summed E-state index contributed by atoms with van der Waals surface area (Å²) in [6.45, 7) is 23.0. The number of hydrogen-bond acceptors (Lipinski definition) is 25. The first-order chi connectivity index (χ1) is 59.4. The number of esters is 2. The van der Waals surface area contributed by atoms with Crippen LogP contribution < -0.4 is 118 Å². The third-order valence-corrected chi connectivity index (χ3v) is 43.9. The molecule has 1 aliphatic rings. The SMILES string of the molecule is C.C=C(C)/C=C/c1c(C)ccc(C(=O)/C=C/c2ccc(OC(C)=O)cc2OC(C)=O)c1C.C=C(C)/C=C/c1c(O)ccc(C(=O)/C=C/c2ccc(O)cc2O)c1O.CC(C)=CCc1c(O)ccc(C(=O)[C@H]2[C@@H](c3c(O)ccc(C(=O)/C=C/c4ccc(O)cc4O)c3O)C=C(C)C[C@@H]2c2ccc(O)cc2O)c1O.O=CO[O-].S=S=S=S=S=S=S=S=S=S=S=S=S=S=S.[H-].[K+].[K+]. The Kier molecular flexibility index (Phi) is 55.3. The number of carbonyl (C=O) groups excluding carboxylic acids is 7. The van der Waals surface area contributed by atoms with Crippen LogP contribution in [0.2, 0.25) is 0 Å². The van der Waals surface area contributed by atoms with Gasteiger partial charge in [-0.25, -0.2) is 0 Å². The molecule has 0 fully saturated rings. The van der Waals surface area contributed by atoms with Crippen molar-refractivity contribution in [3.8, 4) is 80.5 Å². The van der Waals surface area contributed by atoms with E-state index >= 15 is 0 Å². The average Bonchev–Trinajstić information content (AvgIpc) is 0.745. The fourth-order valence-electron chi connectivity index (χ4n) is 11.8. The maximum absolute atomic E-state index is 14.7. The molecule has 0 saturated heterocycles. The van der Waals surface area contributed by atoms with Crippen molar-refractivity contribution in [2.45, 2.75) is 94.4 Å². The summed E-state index contributed by atoms with van der Waals surface area (Å²) in [7, 11) is 21.7. The minimum absolute atomic E-state index is 0. The van der Waals surface area contributed by atoms with Crippen molar-refractivity contribution < 1.29 is 219 Å². The predicted molar refractivity (Wildman–Crippen MR) is 532 cm³/mol. The molecule has 670 valence electrons. The van der Waals surface area contributed by atoms with Crippen LogP contribution in [0.25, 0.3) is 30.4 Å². The smallest absolute Gasteiger partial charge is 1.00 e. The molecule has 0 radical (unpaired) electrons. The number of ether oxygens (including phenoxy) is 2. The number of hydrogen-bond donors (Lipinski definition) is 12. The summed E-state index contributed by atoms with van der Waals surface area (Å²) in [5.74, 6) is -9.04. The van der Waals surface area contributed by atoms with Crippen LogP contribution in [0.15, 0.2) is 199 Å². The first kappa shape index (κ1) is 117. The van der Waals surface area contributed by atoms with E-state index in [1.54, 1.807) is 154 Å². The number of carbonyl (C=O) groups is 7. The van der Waals surface area contributed by atoms with Gasteiger partial charge >= 0.3 is 115 Å². The number of aryl methyl sites for hydroxylation is 1. The Morgan fingerprint density at radius 3 is 1.38 bits per heavy atom. The molecule has 23 nitrogen and oxygen atoms in total. The van der Waals surface area contributed by atoms with Gasteiger partial charge in [-0.05, 0) is 205 Å². The second-order valence-corrected chi connectivity index (χ2v) is 49.6. The molecule has 0 unspecified atom stereocenters. The van der Waals surface area contributed by atoms with E-state index in [1.807, 2.05) is 52.8 Å². The number of benzene rings is 8. The molecule has 1 aliphatic carbocycles. The van der Waals surface area contributed by atoms with Crippen LogP contribution in [-0.2, 0) is 164 Å². The van der Waals surface area contributed by atoms with Crippen molar-refractivity contribution in [2.24, 2.45) is 5.92 Å². The van der Waals surface area contributed by atoms with Crippen molar-refractivity contribution >= 4 is 210 Å². The topological polar surface area (TPSA) is 413 Å². The number of phenolic OH excluding ortho intramolecular Hbond substituents is 12. The summed E-state index contributed by atoms with van der Waals surface area (Å²) in [5, 5.41) is 133. The molecule has 40 heteroatoms. The quantitative estimate of drug-likeness (QED) is 0.00287. The van der Waals surface area contributed by atoms with Gasteiger partial charge in [0.1, 0.15) is 80.5 Å². The molecule has 0 spiro atoms. The molecule has 12 N–H and O–H groups in total. The van der Waals surface area contributed by atoms with Gasteiger partial charge in [0.05, 0.1) is 22.3 Å². The molecular weight excluding hydrogens is 1980 g/mol. The Bertz CT molecular complexity index is 6340. The van der Waals surface area contributed by atoms with E-state index in [2.05, 4.69) is 18.0 Å². The minimum atomic E-state index is -1.19. The van der Waals surface area contributed by atoms with E-state index in [1.165, 1.54) is 141 Å². The van der Waals surface area contributed by atoms with E-state index in [-0.39, 0.29) is 239 Å². The summed E-state index contributed by atoms with van der Waals surface area (Å²) in [5.41, 5.74) is 7.93. The van der Waals surface area contributed by atoms with E-state index in [0.29, 0.717) is 22.3 Å². The number of rotatable bonds is 22. The molecule has 8 aromatic carbocycles. The van der Waals surface area contributed by atoms with E-state index in [0.717, 1.165) is 63.3 Å². The van der Waals surface area contributed by atoms with Crippen LogP contribution in [0.3, 0.4) is 0 Å². The number of ketones is 4. The maximum atomic E-state index is 14.7. The molecule has 0 aliphatic heterocycles. The number of aromatic hydroxyl groups is 12. The van der Waals surface area contributed by atoms with Crippen LogP contribution >= 0.6 is 0 Å². The molecule has 9 rings (SSSR count). The normalized spacial score (nSPS) is 12.6. The zero-order chi connectivity index (χ0) is 92.7. The maximum Gasteiger partial charge on any atom is 1.00 e. The molecule has 0 amide bonds. The van der Waals surface area contributed by atoms with Gasteiger partial charge in [0.15, 0.2) is 23.1 Å². The Morgan fingerprint density at radius 1 is 0.477 bits per heavy atom. The number of Topliss-reactive ketones (excluding diaryl/α,β-unsaturated/α-hetero) is 1. The van der Waals surface area contributed by atoms with Crippen molar-refractivity contribution in [2.75, 3.05) is 0 Å². The van der Waals surface area contributed by atoms with Gasteiger partial charge in [-0.2, -0.15) is 0 Å². The summed E-state index contributed by atoms with van der Waals surface area (Å²) in [6, 6.07) is 27.8. The van der Waals surface area contributed by atoms with E-state index in [4.69, 9.17) is 41.9 Å². The average molecular weight is 2070 g/mol. The largest absolute Gasteiger partial charge is 1.00 e. The van der Waals surface area contributed by atoms with Gasteiger partial charge in [-0.15, -0.1) is 0 Å². The zero-order valence-corrected chi connectivity index (χ0v) is 88.1. The molecular formula is C88H88K2O23S15. The zero-order valence-electron chi connectivity index (χ0n) is 70.6. The van der Waals surface area contributed by atoms with E-state index in [9.17, 15) is 90.0 Å². The van der Waals surface area contributed by atoms with Crippen LogP contribution in [-0.4, -0.2) is 103 Å². The van der Waals surface area contributed by atoms with Gasteiger partial charge in [0, 0.05) is 227 Å². The molecule has 0 saturated carbocycles. The molecule has 0 aromatic heterocycles. The first-order valence-electron chi connectivity index (χ1n) is 36.0. The minimum Gasteiger partial charge on any atom is -1.00 e. The van der Waals surface area contributed by atoms with Crippen molar-refractivity contribution in [3.63, 3.8) is 0 Å². The Labute approximate surface area is 874 Å². The summed E-state index contributed by atoms with van der Waals surface area (Å²) in [6.07, 6.45) is 18.7. The van der Waals surface area contributed by atoms with E-state index < -0.39 is 64.3 Å². The molecule has 128 heavy (non-hydrogen) atoms. The van der Waals surface area contributed by atoms with Crippen LogP contribution in [0.4, 0.5) is 0 Å². The molecule has 8 aromatic rings. The second-order valence-electron chi connectivity index (χ2n) is 26.6. The third kappa shape index (κ3) is 38.1. The molecule has 3 atom stereocenters. The standard InChI is InChI=1S/C40H38O10.C26H26O5.C20H18O5.CH2O3.CH4.2K.S15.H/c1-20(2)4-9-26-32(44)14-12-28(38(26)48)40(50)36-29(25-10-8-24(42)19-35(25)47)16-21(3)17-30(36)37-33(45)15-11-27(39(37)49)31(43)13-6-22-5-7-23(41)18-34(22)46;1-16(2)7-12-23-17(3)8-13-24(18(23)4)25(29)14-10-21-9-11-22(30-19(5)27)15-26(21)31-20(6)28;1-12(2)3-7-15-18(23)10-8-16(20(15)25)17(22)9-5-13-4-6-14(21)11-19(13)24;2-1-4-3;;;;1-3-5-7-9-11-13-15-14-12-10-8-6-4-2;/h4-8,10-15,17-19,29-30,36,41-42,44-49H,9,16H2,1-3H3;7-15H,1H2,2-6H3;3-11,21,23-25H,1H2,2H3;1,3H;1H4;;;;/q;;;;;2*+1;;-1/p-1/b13-6+;12-7+,14-10+;7-3+,9-5+;;;;;;/t29-,30+,36-;;;;;;;;/m1......../s1. The fraction of sp³-hybridized carbons (Fsp3) is 0.170. The molecule has 0 bridgehead atoms. The van der Waals surface area contributed by atoms with Crippen LogP contribution in [0.1, 0.15) is 173 Å². The summed E-state index contributed by atoms with van der Waals surface area (Å²) >= 11 is 9.45. The fourth-order valence-corrected chi connectivity index (χ4v) is 41.9. The van der Waals surface area contributed by atoms with Gasteiger partial charge in [-0.1, -0.05) is 91.5 Å². The summed E-state index contributed by atoms with van der Waals surface area (Å²) in [4.78, 5) is 87.2. The second kappa shape index (κ2) is 60.6. The molecule has 0 heterocycles. The Morgan fingerprint density at radius 2 is 0.906 bits per heavy atom. The monoisotopic (exact) mass is 2070 g/mol. The van der Waals surface area contributed by atoms with Gasteiger partial charge in [-0.3, -0.25) is 33.6 Å². The van der Waals surface area contributed by atoms with Gasteiger partial charge < -0.3 is 82.3 Å². The third-order valence-electron chi connectivity index (χ3n) is 17.2. The number of allylic oxidation sites excluding steroid dienone is 11. The number of phenols is 12. The van der Waals surface area contributed by atoms with Crippen molar-refractivity contribution in [1.29, 1.82) is 0 Å². The first-order valence-corrected chi connectivity index (χ1v) is 54.7.